The summed E-state index contributed by atoms with van der Waals surface area (Å²) in [5.74, 6) is 1.10. The summed E-state index contributed by atoms with van der Waals surface area (Å²) in [6.45, 7) is 4.59. The number of rotatable bonds is 6. The number of carbonyl (C=O) groups excluding carboxylic acids is 2. The number of benzene rings is 1. The van der Waals surface area contributed by atoms with Crippen LogP contribution in [0.3, 0.4) is 0 Å². The van der Waals surface area contributed by atoms with E-state index in [2.05, 4.69) is 10.6 Å². The summed E-state index contributed by atoms with van der Waals surface area (Å²) < 4.78 is 16.3. The van der Waals surface area contributed by atoms with Crippen molar-refractivity contribution < 1.29 is 23.8 Å². The lowest BCUT2D eigenvalue weighted by Gasteiger charge is -2.20. The number of methoxy groups -OCH3 is 1. The second kappa shape index (κ2) is 8.24. The third-order valence-electron chi connectivity index (χ3n) is 3.15. The van der Waals surface area contributed by atoms with Crippen LogP contribution in [0.2, 0.25) is 0 Å². The van der Waals surface area contributed by atoms with Crippen molar-refractivity contribution in [1.82, 2.24) is 10.6 Å². The molecule has 0 saturated carbocycles. The molecule has 130 valence electrons. The third-order valence-corrected chi connectivity index (χ3v) is 3.15. The highest BCUT2D eigenvalue weighted by atomic mass is 16.6. The molecule has 1 aromatic rings. The van der Waals surface area contributed by atoms with Gasteiger partial charge in [0.25, 0.3) is 0 Å². The van der Waals surface area contributed by atoms with E-state index in [-0.39, 0.29) is 24.4 Å². The van der Waals surface area contributed by atoms with Gasteiger partial charge >= 0.3 is 0 Å². The van der Waals surface area contributed by atoms with Crippen LogP contribution in [0, 0.1) is 0 Å². The first-order valence-electron chi connectivity index (χ1n) is 7.72. The molecular formula is C17H22N2O5. The lowest BCUT2D eigenvalue weighted by atomic mass is 10.1. The highest BCUT2D eigenvalue weighted by Gasteiger charge is 2.17. The van der Waals surface area contributed by atoms with Gasteiger partial charge < -0.3 is 24.8 Å². The zero-order chi connectivity index (χ0) is 17.5. The van der Waals surface area contributed by atoms with Crippen LogP contribution >= 0.6 is 0 Å². The topological polar surface area (TPSA) is 85.9 Å². The van der Waals surface area contributed by atoms with Crippen LogP contribution in [-0.2, 0) is 9.59 Å². The lowest BCUT2D eigenvalue weighted by Crippen LogP contribution is -2.39. The van der Waals surface area contributed by atoms with Gasteiger partial charge in [-0.25, -0.2) is 0 Å². The van der Waals surface area contributed by atoms with Gasteiger partial charge in [-0.1, -0.05) is 0 Å². The fourth-order valence-electron chi connectivity index (χ4n) is 2.16. The Morgan fingerprint density at radius 1 is 1.29 bits per heavy atom. The highest BCUT2D eigenvalue weighted by Crippen LogP contribution is 2.40. The summed E-state index contributed by atoms with van der Waals surface area (Å²) in [6.07, 6.45) is 2.98. The van der Waals surface area contributed by atoms with Crippen LogP contribution in [-0.4, -0.2) is 44.7 Å². The molecule has 0 unspecified atom stereocenters. The molecule has 2 rings (SSSR count). The van der Waals surface area contributed by atoms with Crippen LogP contribution in [0.25, 0.3) is 6.08 Å². The van der Waals surface area contributed by atoms with Gasteiger partial charge in [0.2, 0.25) is 17.6 Å². The van der Waals surface area contributed by atoms with Crippen LogP contribution in [0.5, 0.6) is 17.2 Å². The van der Waals surface area contributed by atoms with Crippen LogP contribution < -0.4 is 24.8 Å². The Labute approximate surface area is 141 Å². The van der Waals surface area contributed by atoms with Gasteiger partial charge in [0.15, 0.2) is 11.5 Å². The molecule has 7 heteroatoms. The molecule has 1 aliphatic heterocycles. The number of hydrogen-bond donors (Lipinski definition) is 2. The highest BCUT2D eigenvalue weighted by molar-refractivity contribution is 5.94. The molecule has 2 N–H and O–H groups in total. The summed E-state index contributed by atoms with van der Waals surface area (Å²) in [7, 11) is 1.54. The van der Waals surface area contributed by atoms with Gasteiger partial charge in [-0.3, -0.25) is 9.59 Å². The van der Waals surface area contributed by atoms with Crippen molar-refractivity contribution in [3.8, 4) is 17.2 Å². The van der Waals surface area contributed by atoms with Crippen LogP contribution in [0.15, 0.2) is 18.2 Å². The maximum absolute atomic E-state index is 11.8. The standard InChI is InChI=1S/C17H22N2O5/c1-11(2)19-16(21)10-18-15(20)5-4-12-8-13(22-3)17-14(9-12)23-6-7-24-17/h4-5,8-9,11H,6-7,10H2,1-3H3,(H,18,20)(H,19,21)/b5-4+. The van der Waals surface area contributed by atoms with Crippen LogP contribution in [0.1, 0.15) is 19.4 Å². The van der Waals surface area contributed by atoms with E-state index in [9.17, 15) is 9.59 Å². The molecule has 0 radical (unpaired) electrons. The van der Waals surface area contributed by atoms with Crippen molar-refractivity contribution in [2.45, 2.75) is 19.9 Å². The number of fused-ring (bicyclic) bond motifs is 1. The summed E-state index contributed by atoms with van der Waals surface area (Å²) in [5, 5.41) is 5.22. The Kier molecular flexibility index (Phi) is 6.06. The van der Waals surface area contributed by atoms with Gasteiger partial charge in [0.1, 0.15) is 13.2 Å². The molecule has 1 aromatic carbocycles. The van der Waals surface area contributed by atoms with Gasteiger partial charge in [0, 0.05) is 12.1 Å². The molecule has 0 bridgehead atoms. The Morgan fingerprint density at radius 3 is 2.75 bits per heavy atom. The van der Waals surface area contributed by atoms with Gasteiger partial charge in [0.05, 0.1) is 13.7 Å². The maximum Gasteiger partial charge on any atom is 0.244 e. The number of amides is 2. The largest absolute Gasteiger partial charge is 0.493 e. The molecule has 1 heterocycles. The van der Waals surface area contributed by atoms with Crippen molar-refractivity contribution in [3.05, 3.63) is 23.8 Å². The van der Waals surface area contributed by atoms with Crippen molar-refractivity contribution in [2.75, 3.05) is 26.9 Å². The minimum absolute atomic E-state index is 0.0372. The van der Waals surface area contributed by atoms with Gasteiger partial charge in [-0.2, -0.15) is 0 Å². The summed E-state index contributed by atoms with van der Waals surface area (Å²) >= 11 is 0. The molecule has 0 saturated heterocycles. The van der Waals surface area contributed by atoms with Gasteiger partial charge in [-0.15, -0.1) is 0 Å². The number of hydrogen-bond acceptors (Lipinski definition) is 5. The van der Waals surface area contributed by atoms with Crippen molar-refractivity contribution >= 4 is 17.9 Å². The number of ether oxygens (including phenoxy) is 3. The summed E-state index contributed by atoms with van der Waals surface area (Å²) in [4.78, 5) is 23.3. The molecule has 7 nitrogen and oxygen atoms in total. The second-order valence-corrected chi connectivity index (χ2v) is 5.52. The fraction of sp³-hybridized carbons (Fsp3) is 0.412. The molecule has 1 aliphatic rings. The minimum Gasteiger partial charge on any atom is -0.493 e. The van der Waals surface area contributed by atoms with Crippen molar-refractivity contribution in [2.24, 2.45) is 0 Å². The zero-order valence-electron chi connectivity index (χ0n) is 14.0. The average Bonchev–Trinajstić information content (AvgIpc) is 2.56. The molecule has 24 heavy (non-hydrogen) atoms. The second-order valence-electron chi connectivity index (χ2n) is 5.52. The smallest absolute Gasteiger partial charge is 0.244 e. The summed E-state index contributed by atoms with van der Waals surface area (Å²) in [6, 6.07) is 3.56. The molecule has 0 fully saturated rings. The Balaban J connectivity index is 1.98. The first kappa shape index (κ1) is 17.7. The van der Waals surface area contributed by atoms with E-state index in [1.165, 1.54) is 6.08 Å². The molecule has 0 aliphatic carbocycles. The molecule has 2 amide bonds. The quantitative estimate of drug-likeness (QED) is 0.762. The van der Waals surface area contributed by atoms with E-state index in [1.807, 2.05) is 13.8 Å². The predicted molar refractivity (Wildman–Crippen MR) is 89.3 cm³/mol. The van der Waals surface area contributed by atoms with E-state index in [1.54, 1.807) is 25.3 Å². The number of carbonyl (C=O) groups is 2. The first-order chi connectivity index (χ1) is 11.5. The van der Waals surface area contributed by atoms with E-state index >= 15 is 0 Å². The monoisotopic (exact) mass is 334 g/mol. The third kappa shape index (κ3) is 4.91. The van der Waals surface area contributed by atoms with E-state index in [0.717, 1.165) is 5.56 Å². The van der Waals surface area contributed by atoms with Crippen molar-refractivity contribution in [3.63, 3.8) is 0 Å². The Morgan fingerprint density at radius 2 is 2.04 bits per heavy atom. The molecular weight excluding hydrogens is 312 g/mol. The van der Waals surface area contributed by atoms with E-state index < -0.39 is 0 Å². The fourth-order valence-corrected chi connectivity index (χ4v) is 2.16. The molecule has 0 spiro atoms. The zero-order valence-corrected chi connectivity index (χ0v) is 14.0. The molecule has 0 aromatic heterocycles. The van der Waals surface area contributed by atoms with E-state index in [4.69, 9.17) is 14.2 Å². The maximum atomic E-state index is 11.8. The lowest BCUT2D eigenvalue weighted by molar-refractivity contribution is -0.124. The predicted octanol–water partition coefficient (Wildman–Crippen LogP) is 1.12. The Hall–Kier alpha value is -2.70. The van der Waals surface area contributed by atoms with Crippen LogP contribution in [0.4, 0.5) is 0 Å². The SMILES string of the molecule is COc1cc(/C=C/C(=O)NCC(=O)NC(C)C)cc2c1OCCO2. The average molecular weight is 334 g/mol. The Bertz CT molecular complexity index is 623. The number of nitrogens with one attached hydrogen (secondary N) is 2. The summed E-state index contributed by atoms with van der Waals surface area (Å²) in [5.41, 5.74) is 0.734. The normalized spacial score (nSPS) is 13.0. The minimum atomic E-state index is -0.359. The first-order valence-corrected chi connectivity index (χ1v) is 7.72. The molecule has 0 atom stereocenters. The van der Waals surface area contributed by atoms with E-state index in [0.29, 0.717) is 30.5 Å². The van der Waals surface area contributed by atoms with Gasteiger partial charge in [-0.05, 0) is 37.6 Å². The van der Waals surface area contributed by atoms with Crippen molar-refractivity contribution in [1.29, 1.82) is 0 Å².